The summed E-state index contributed by atoms with van der Waals surface area (Å²) in [4.78, 5) is 19.9. The molecule has 180 valence electrons. The Morgan fingerprint density at radius 2 is 1.79 bits per heavy atom. The van der Waals surface area contributed by atoms with Crippen molar-refractivity contribution in [3.05, 3.63) is 71.2 Å². The van der Waals surface area contributed by atoms with Gasteiger partial charge in [-0.3, -0.25) is 19.3 Å². The molecular weight excluding hydrogens is 468 g/mol. The number of rotatable bonds is 8. The molecule has 0 saturated carbocycles. The summed E-state index contributed by atoms with van der Waals surface area (Å²) in [6.45, 7) is 5.01. The van der Waals surface area contributed by atoms with Gasteiger partial charge in [0.1, 0.15) is 0 Å². The molecule has 4 rings (SSSR count). The second-order valence-electron chi connectivity index (χ2n) is 8.32. The third-order valence-electron chi connectivity index (χ3n) is 5.87. The number of amides is 1. The van der Waals surface area contributed by atoms with Crippen LogP contribution >= 0.6 is 11.3 Å². The fourth-order valence-corrected chi connectivity index (χ4v) is 6.36. The third-order valence-corrected chi connectivity index (χ3v) is 8.58. The molecule has 1 N–H and O–H groups in total. The van der Waals surface area contributed by atoms with Crippen molar-refractivity contribution in [2.24, 2.45) is 0 Å². The lowest BCUT2D eigenvalue weighted by atomic mass is 10.2. The van der Waals surface area contributed by atoms with Crippen LogP contribution in [0, 0.1) is 0 Å². The molecule has 0 atom stereocenters. The Hall–Kier alpha value is -2.75. The minimum Gasteiger partial charge on any atom is -0.298 e. The van der Waals surface area contributed by atoms with E-state index in [4.69, 9.17) is 0 Å². The summed E-state index contributed by atoms with van der Waals surface area (Å²) in [5.74, 6) is -0.379. The van der Waals surface area contributed by atoms with Gasteiger partial charge in [-0.05, 0) is 63.2 Å². The van der Waals surface area contributed by atoms with Crippen LogP contribution in [0.4, 0.5) is 10.8 Å². The lowest BCUT2D eigenvalue weighted by Crippen LogP contribution is -2.30. The van der Waals surface area contributed by atoms with Gasteiger partial charge in [0.25, 0.3) is 15.9 Å². The van der Waals surface area contributed by atoms with Crippen LogP contribution in [0.5, 0.6) is 0 Å². The van der Waals surface area contributed by atoms with Gasteiger partial charge in [-0.15, -0.1) is 11.3 Å². The number of hydrogen-bond donors (Lipinski definition) is 1. The Balaban J connectivity index is 1.46. The van der Waals surface area contributed by atoms with E-state index in [1.54, 1.807) is 43.3 Å². The van der Waals surface area contributed by atoms with Crippen LogP contribution in [0.3, 0.4) is 0 Å². The summed E-state index contributed by atoms with van der Waals surface area (Å²) >= 11 is 1.39. The number of hydrogen-bond acceptors (Lipinski definition) is 6. The average Bonchev–Trinajstić information content (AvgIpc) is 3.11. The molecule has 1 aromatic heterocycles. The molecule has 34 heavy (non-hydrogen) atoms. The molecule has 9 heteroatoms. The van der Waals surface area contributed by atoms with E-state index < -0.39 is 10.0 Å². The summed E-state index contributed by atoms with van der Waals surface area (Å²) in [5.41, 5.74) is 1.80. The van der Waals surface area contributed by atoms with Crippen LogP contribution in [0.15, 0.2) is 64.9 Å². The molecule has 1 saturated heterocycles. The van der Waals surface area contributed by atoms with Crippen molar-refractivity contribution >= 4 is 38.1 Å². The molecule has 0 bridgehead atoms. The van der Waals surface area contributed by atoms with Crippen molar-refractivity contribution < 1.29 is 13.2 Å². The largest absolute Gasteiger partial charge is 0.298 e. The predicted octanol–water partition coefficient (Wildman–Crippen LogP) is 4.99. The van der Waals surface area contributed by atoms with Crippen molar-refractivity contribution in [2.75, 3.05) is 29.3 Å². The van der Waals surface area contributed by atoms with Crippen LogP contribution in [0.2, 0.25) is 0 Å². The SMILES string of the molecule is CCN(c1ccccc1)S(=O)(=O)c1cccc(C(=O)Nc2nc(CN3CCCCCC3)cs2)c1. The Kier molecular flexibility index (Phi) is 7.97. The van der Waals surface area contributed by atoms with E-state index >= 15 is 0 Å². The van der Waals surface area contributed by atoms with Crippen LogP contribution in [-0.2, 0) is 16.6 Å². The minimum atomic E-state index is -3.81. The number of likely N-dealkylation sites (tertiary alicyclic amines) is 1. The van der Waals surface area contributed by atoms with Crippen molar-refractivity contribution in [1.82, 2.24) is 9.88 Å². The third kappa shape index (κ3) is 5.84. The van der Waals surface area contributed by atoms with Crippen molar-refractivity contribution in [2.45, 2.75) is 44.0 Å². The average molecular weight is 499 g/mol. The number of carbonyl (C=O) groups excluding carboxylic acids is 1. The summed E-state index contributed by atoms with van der Waals surface area (Å²) < 4.78 is 27.9. The van der Waals surface area contributed by atoms with Crippen molar-refractivity contribution in [3.8, 4) is 0 Å². The molecule has 2 aromatic carbocycles. The molecular formula is C25H30N4O3S2. The van der Waals surface area contributed by atoms with Gasteiger partial charge in [0, 0.05) is 24.0 Å². The first-order chi connectivity index (χ1) is 16.5. The number of sulfonamides is 1. The van der Waals surface area contributed by atoms with E-state index in [1.807, 2.05) is 11.4 Å². The highest BCUT2D eigenvalue weighted by atomic mass is 32.2. The summed E-state index contributed by atoms with van der Waals surface area (Å²) in [6, 6.07) is 15.1. The van der Waals surface area contributed by atoms with E-state index in [-0.39, 0.29) is 22.9 Å². The van der Waals surface area contributed by atoms with Crippen LogP contribution in [-0.4, -0.2) is 43.8 Å². The predicted molar refractivity (Wildman–Crippen MR) is 137 cm³/mol. The highest BCUT2D eigenvalue weighted by Gasteiger charge is 2.24. The first-order valence-corrected chi connectivity index (χ1v) is 14.0. The minimum absolute atomic E-state index is 0.0758. The molecule has 0 radical (unpaired) electrons. The van der Waals surface area contributed by atoms with E-state index in [2.05, 4.69) is 15.2 Å². The molecule has 0 spiro atoms. The van der Waals surface area contributed by atoms with Gasteiger partial charge in [0.2, 0.25) is 0 Å². The number of carbonyl (C=O) groups is 1. The van der Waals surface area contributed by atoms with Crippen LogP contribution in [0.1, 0.15) is 48.7 Å². The Labute approximate surface area is 205 Å². The molecule has 0 aliphatic carbocycles. The number of thiazole rings is 1. The highest BCUT2D eigenvalue weighted by Crippen LogP contribution is 2.25. The van der Waals surface area contributed by atoms with Gasteiger partial charge in [0.05, 0.1) is 16.3 Å². The summed E-state index contributed by atoms with van der Waals surface area (Å²) in [6.07, 6.45) is 5.00. The Morgan fingerprint density at radius 3 is 2.50 bits per heavy atom. The van der Waals surface area contributed by atoms with Crippen molar-refractivity contribution in [1.29, 1.82) is 0 Å². The maximum Gasteiger partial charge on any atom is 0.264 e. The zero-order valence-electron chi connectivity index (χ0n) is 19.3. The Bertz CT molecular complexity index is 1200. The second kappa shape index (κ2) is 11.1. The molecule has 0 unspecified atom stereocenters. The van der Waals surface area contributed by atoms with Gasteiger partial charge < -0.3 is 0 Å². The Morgan fingerprint density at radius 1 is 1.06 bits per heavy atom. The van der Waals surface area contributed by atoms with E-state index in [1.165, 1.54) is 53.5 Å². The van der Waals surface area contributed by atoms with Gasteiger partial charge in [0.15, 0.2) is 5.13 Å². The van der Waals surface area contributed by atoms with Gasteiger partial charge in [-0.1, -0.05) is 37.1 Å². The quantitative estimate of drug-likeness (QED) is 0.473. The van der Waals surface area contributed by atoms with Gasteiger partial charge >= 0.3 is 0 Å². The standard InChI is InChI=1S/C25H30N4O3S2/c1-2-29(22-12-6-5-7-13-22)34(31,32)23-14-10-11-20(17-23)24(30)27-25-26-21(19-33-25)18-28-15-8-3-4-9-16-28/h5-7,10-14,17,19H,2-4,8-9,15-16,18H2,1H3,(H,26,27,30). The summed E-state index contributed by atoms with van der Waals surface area (Å²) in [5, 5.41) is 5.31. The first kappa shape index (κ1) is 24.4. The lowest BCUT2D eigenvalue weighted by molar-refractivity contribution is 0.102. The van der Waals surface area contributed by atoms with E-state index in [0.29, 0.717) is 10.8 Å². The maximum atomic E-state index is 13.3. The molecule has 1 aliphatic heterocycles. The van der Waals surface area contributed by atoms with Crippen molar-refractivity contribution in [3.63, 3.8) is 0 Å². The highest BCUT2D eigenvalue weighted by molar-refractivity contribution is 7.92. The van der Waals surface area contributed by atoms with Gasteiger partial charge in [-0.2, -0.15) is 0 Å². The number of nitrogens with zero attached hydrogens (tertiary/aromatic N) is 3. The second-order valence-corrected chi connectivity index (χ2v) is 11.0. The van der Waals surface area contributed by atoms with E-state index in [9.17, 15) is 13.2 Å². The molecule has 1 fully saturated rings. The maximum absolute atomic E-state index is 13.3. The number of para-hydroxylation sites is 1. The molecule has 1 amide bonds. The fraction of sp³-hybridized carbons (Fsp3) is 0.360. The monoisotopic (exact) mass is 498 g/mol. The fourth-order valence-electron chi connectivity index (χ4n) is 4.14. The zero-order chi connectivity index (χ0) is 24.0. The molecule has 3 aromatic rings. The first-order valence-electron chi connectivity index (χ1n) is 11.6. The molecule has 2 heterocycles. The van der Waals surface area contributed by atoms with Crippen LogP contribution < -0.4 is 9.62 Å². The molecule has 7 nitrogen and oxygen atoms in total. The zero-order valence-corrected chi connectivity index (χ0v) is 20.9. The summed E-state index contributed by atoms with van der Waals surface area (Å²) in [7, 11) is -3.81. The normalized spacial score (nSPS) is 15.0. The van der Waals surface area contributed by atoms with Gasteiger partial charge in [-0.25, -0.2) is 13.4 Å². The lowest BCUT2D eigenvalue weighted by Gasteiger charge is -2.23. The topological polar surface area (TPSA) is 82.6 Å². The smallest absolute Gasteiger partial charge is 0.264 e. The molecule has 1 aliphatic rings. The van der Waals surface area contributed by atoms with Crippen LogP contribution in [0.25, 0.3) is 0 Å². The number of benzene rings is 2. The number of aromatic nitrogens is 1. The number of anilines is 2. The van der Waals surface area contributed by atoms with E-state index in [0.717, 1.165) is 25.3 Å². The number of nitrogens with one attached hydrogen (secondary N) is 1.